The van der Waals surface area contributed by atoms with E-state index in [0.717, 1.165) is 43.8 Å². The summed E-state index contributed by atoms with van der Waals surface area (Å²) < 4.78 is 5.40. The Morgan fingerprint density at radius 1 is 1.15 bits per heavy atom. The number of rotatable bonds is 2. The predicted octanol–water partition coefficient (Wildman–Crippen LogP) is 4.69. The molecule has 2 aliphatic heterocycles. The van der Waals surface area contributed by atoms with Crippen LogP contribution in [-0.2, 0) is 4.74 Å². The average molecular weight is 381 g/mol. The van der Waals surface area contributed by atoms with Crippen molar-refractivity contribution in [2.24, 2.45) is 0 Å². The standard InChI is InChI=1S/C22H21ClN2O2/c23-20-7-5-19(6-8-20)22(26)25-12-9-17(10-13-25)15-16-1-3-18(4-2-16)21-24-11-14-27-21/h1-3,5-8,11,14-15,24H,4,9-10,12-13H2. The molecule has 2 heterocycles. The minimum Gasteiger partial charge on any atom is -0.447 e. The number of hydrogen-bond donors (Lipinski definition) is 1. The second-order valence-corrected chi connectivity index (χ2v) is 7.20. The maximum Gasteiger partial charge on any atom is 0.253 e. The SMILES string of the molecule is O=C(c1ccc(Cl)cc1)N1CCC(=CC2=CCC(=C3NC=CO3)C=C2)CC1. The van der Waals surface area contributed by atoms with E-state index in [0.29, 0.717) is 10.6 Å². The van der Waals surface area contributed by atoms with Crippen LogP contribution in [0.5, 0.6) is 0 Å². The van der Waals surface area contributed by atoms with E-state index in [2.05, 4.69) is 29.6 Å². The van der Waals surface area contributed by atoms with Crippen molar-refractivity contribution in [3.8, 4) is 0 Å². The molecule has 3 aliphatic rings. The average Bonchev–Trinajstić information content (AvgIpc) is 3.24. The zero-order chi connectivity index (χ0) is 18.6. The molecule has 1 N–H and O–H groups in total. The number of carbonyl (C=O) groups is 1. The molecule has 4 nitrogen and oxygen atoms in total. The van der Waals surface area contributed by atoms with Crippen LogP contribution in [0.3, 0.4) is 0 Å². The Labute approximate surface area is 164 Å². The summed E-state index contributed by atoms with van der Waals surface area (Å²) in [6.07, 6.45) is 14.8. The lowest BCUT2D eigenvalue weighted by molar-refractivity contribution is 0.0743. The first-order chi connectivity index (χ1) is 13.2. The van der Waals surface area contributed by atoms with Gasteiger partial charge in [-0.05, 0) is 49.1 Å². The third kappa shape index (κ3) is 4.17. The number of nitrogens with one attached hydrogen (secondary N) is 1. The van der Waals surface area contributed by atoms with Crippen LogP contribution in [0.25, 0.3) is 0 Å². The first kappa shape index (κ1) is 17.7. The van der Waals surface area contributed by atoms with Gasteiger partial charge in [0.25, 0.3) is 5.91 Å². The number of halogens is 1. The van der Waals surface area contributed by atoms with Gasteiger partial charge < -0.3 is 15.0 Å². The smallest absolute Gasteiger partial charge is 0.253 e. The largest absolute Gasteiger partial charge is 0.447 e. The van der Waals surface area contributed by atoms with Crippen molar-refractivity contribution in [2.45, 2.75) is 19.3 Å². The van der Waals surface area contributed by atoms with Crippen molar-refractivity contribution >= 4 is 17.5 Å². The van der Waals surface area contributed by atoms with E-state index in [9.17, 15) is 4.79 Å². The Kier molecular flexibility index (Phi) is 5.16. The summed E-state index contributed by atoms with van der Waals surface area (Å²) in [5.41, 5.74) is 4.45. The topological polar surface area (TPSA) is 41.6 Å². The third-order valence-corrected chi connectivity index (χ3v) is 5.20. The molecular weight excluding hydrogens is 360 g/mol. The lowest BCUT2D eigenvalue weighted by Crippen LogP contribution is -2.36. The molecule has 4 rings (SSSR count). The molecule has 0 radical (unpaired) electrons. The number of hydrogen-bond acceptors (Lipinski definition) is 3. The van der Waals surface area contributed by atoms with Gasteiger partial charge in [-0.2, -0.15) is 0 Å². The van der Waals surface area contributed by atoms with Crippen molar-refractivity contribution in [3.05, 3.63) is 94.2 Å². The van der Waals surface area contributed by atoms with E-state index in [1.54, 1.807) is 36.7 Å². The molecule has 1 amide bonds. The first-order valence-corrected chi connectivity index (χ1v) is 9.51. The van der Waals surface area contributed by atoms with Crippen molar-refractivity contribution in [3.63, 3.8) is 0 Å². The number of ether oxygens (including phenoxy) is 1. The Hall–Kier alpha value is -2.72. The van der Waals surface area contributed by atoms with Crippen molar-refractivity contribution in [1.82, 2.24) is 10.2 Å². The highest BCUT2D eigenvalue weighted by Gasteiger charge is 2.20. The Morgan fingerprint density at radius 2 is 1.93 bits per heavy atom. The van der Waals surface area contributed by atoms with Crippen molar-refractivity contribution < 1.29 is 9.53 Å². The van der Waals surface area contributed by atoms with E-state index in [1.807, 2.05) is 4.90 Å². The van der Waals surface area contributed by atoms with Gasteiger partial charge in [-0.25, -0.2) is 0 Å². The van der Waals surface area contributed by atoms with Gasteiger partial charge in [-0.15, -0.1) is 0 Å². The van der Waals surface area contributed by atoms with Crippen LogP contribution < -0.4 is 5.32 Å². The van der Waals surface area contributed by atoms with Gasteiger partial charge in [0, 0.05) is 35.4 Å². The van der Waals surface area contributed by atoms with Crippen LogP contribution in [0.4, 0.5) is 0 Å². The monoisotopic (exact) mass is 380 g/mol. The highest BCUT2D eigenvalue weighted by molar-refractivity contribution is 6.30. The summed E-state index contributed by atoms with van der Waals surface area (Å²) >= 11 is 5.90. The Bertz CT molecular complexity index is 871. The van der Waals surface area contributed by atoms with Crippen LogP contribution in [0.2, 0.25) is 5.02 Å². The molecular formula is C22H21ClN2O2. The fraction of sp³-hybridized carbons (Fsp3) is 0.227. The van der Waals surface area contributed by atoms with E-state index in [1.165, 1.54) is 11.1 Å². The minimum absolute atomic E-state index is 0.0800. The molecule has 1 saturated heterocycles. The van der Waals surface area contributed by atoms with E-state index in [-0.39, 0.29) is 5.91 Å². The number of amides is 1. The molecule has 138 valence electrons. The lowest BCUT2D eigenvalue weighted by atomic mass is 9.96. The minimum atomic E-state index is 0.0800. The summed E-state index contributed by atoms with van der Waals surface area (Å²) in [5.74, 6) is 0.889. The molecule has 0 bridgehead atoms. The molecule has 0 aromatic heterocycles. The van der Waals surface area contributed by atoms with E-state index in [4.69, 9.17) is 16.3 Å². The Morgan fingerprint density at radius 3 is 2.56 bits per heavy atom. The highest BCUT2D eigenvalue weighted by Crippen LogP contribution is 2.25. The molecule has 27 heavy (non-hydrogen) atoms. The lowest BCUT2D eigenvalue weighted by Gasteiger charge is -2.29. The molecule has 0 saturated carbocycles. The second kappa shape index (κ2) is 7.89. The fourth-order valence-electron chi connectivity index (χ4n) is 3.40. The predicted molar refractivity (Wildman–Crippen MR) is 107 cm³/mol. The summed E-state index contributed by atoms with van der Waals surface area (Å²) in [5, 5.41) is 3.74. The molecule has 0 unspecified atom stereocenters. The van der Waals surface area contributed by atoms with Crippen molar-refractivity contribution in [2.75, 3.05) is 13.1 Å². The normalized spacial score (nSPS) is 21.6. The van der Waals surface area contributed by atoms with E-state index < -0.39 is 0 Å². The molecule has 1 aromatic rings. The van der Waals surface area contributed by atoms with Crippen LogP contribution >= 0.6 is 11.6 Å². The summed E-state index contributed by atoms with van der Waals surface area (Å²) in [7, 11) is 0. The molecule has 0 atom stereocenters. The van der Waals surface area contributed by atoms with Gasteiger partial charge >= 0.3 is 0 Å². The summed E-state index contributed by atoms with van der Waals surface area (Å²) in [6.45, 7) is 1.51. The maximum absolute atomic E-state index is 12.6. The summed E-state index contributed by atoms with van der Waals surface area (Å²) in [6, 6.07) is 7.10. The van der Waals surface area contributed by atoms with Gasteiger partial charge in [0.2, 0.25) is 0 Å². The maximum atomic E-state index is 12.6. The number of benzene rings is 1. The number of carbonyl (C=O) groups excluding carboxylic acids is 1. The number of piperidine rings is 1. The quantitative estimate of drug-likeness (QED) is 0.809. The molecule has 1 fully saturated rings. The highest BCUT2D eigenvalue weighted by atomic mass is 35.5. The van der Waals surface area contributed by atoms with Gasteiger partial charge in [0.05, 0.1) is 0 Å². The van der Waals surface area contributed by atoms with Gasteiger partial charge in [0.15, 0.2) is 5.88 Å². The molecule has 0 spiro atoms. The molecule has 5 heteroatoms. The van der Waals surface area contributed by atoms with Gasteiger partial charge in [0.1, 0.15) is 6.26 Å². The van der Waals surface area contributed by atoms with Gasteiger partial charge in [-0.1, -0.05) is 41.5 Å². The second-order valence-electron chi connectivity index (χ2n) is 6.76. The van der Waals surface area contributed by atoms with Crippen LogP contribution in [0, 0.1) is 0 Å². The zero-order valence-corrected chi connectivity index (χ0v) is 15.7. The number of likely N-dealkylation sites (tertiary alicyclic amines) is 1. The fourth-order valence-corrected chi connectivity index (χ4v) is 3.53. The number of allylic oxidation sites excluding steroid dienone is 6. The van der Waals surface area contributed by atoms with Crippen molar-refractivity contribution in [1.29, 1.82) is 0 Å². The number of nitrogens with zero attached hydrogens (tertiary/aromatic N) is 1. The van der Waals surface area contributed by atoms with Crippen LogP contribution in [0.15, 0.2) is 83.6 Å². The van der Waals surface area contributed by atoms with Crippen LogP contribution in [0.1, 0.15) is 29.6 Å². The molecule has 1 aromatic carbocycles. The van der Waals surface area contributed by atoms with E-state index >= 15 is 0 Å². The molecule has 1 aliphatic carbocycles. The first-order valence-electron chi connectivity index (χ1n) is 9.13. The summed E-state index contributed by atoms with van der Waals surface area (Å²) in [4.78, 5) is 14.5. The van der Waals surface area contributed by atoms with Crippen LogP contribution in [-0.4, -0.2) is 23.9 Å². The van der Waals surface area contributed by atoms with Gasteiger partial charge in [-0.3, -0.25) is 4.79 Å². The third-order valence-electron chi connectivity index (χ3n) is 4.95. The Balaban J connectivity index is 1.34. The zero-order valence-electron chi connectivity index (χ0n) is 15.0.